The molecule has 0 aliphatic carbocycles. The molecule has 12 aromatic rings. The zero-order chi connectivity index (χ0) is 35.3. The second-order valence-corrected chi connectivity index (χ2v) is 16.6. The van der Waals surface area contributed by atoms with Gasteiger partial charge in [-0.3, -0.25) is 0 Å². The van der Waals surface area contributed by atoms with Crippen LogP contribution in [-0.2, 0) is 0 Å². The zero-order valence-electron chi connectivity index (χ0n) is 29.1. The average molecular weight is 719 g/mol. The van der Waals surface area contributed by atoms with Gasteiger partial charge in [0.15, 0.2) is 0 Å². The molecule has 12 rings (SSSR count). The van der Waals surface area contributed by atoms with Gasteiger partial charge in [0, 0.05) is 40.3 Å². The van der Waals surface area contributed by atoms with E-state index in [0.29, 0.717) is 0 Å². The normalized spacial score (nSPS) is 12.1. The fourth-order valence-corrected chi connectivity index (χ4v) is 11.2. The Kier molecular flexibility index (Phi) is 6.48. The first-order valence-corrected chi connectivity index (χ1v) is 20.1. The van der Waals surface area contributed by atoms with Gasteiger partial charge in [-0.1, -0.05) is 146 Å². The van der Waals surface area contributed by atoms with Gasteiger partial charge in [-0.05, 0) is 113 Å². The lowest BCUT2D eigenvalue weighted by atomic mass is 9.85. The van der Waals surface area contributed by atoms with Gasteiger partial charge in [0.25, 0.3) is 0 Å². The summed E-state index contributed by atoms with van der Waals surface area (Å²) in [4.78, 5) is 0. The van der Waals surface area contributed by atoms with Gasteiger partial charge in [0.1, 0.15) is 0 Å². The highest BCUT2D eigenvalue weighted by Gasteiger charge is 2.17. The number of hydrogen-bond donors (Lipinski definition) is 0. The summed E-state index contributed by atoms with van der Waals surface area (Å²) in [5, 5.41) is 15.7. The first kappa shape index (κ1) is 30.2. The molecule has 0 atom stereocenters. The van der Waals surface area contributed by atoms with E-state index < -0.39 is 0 Å². The lowest BCUT2D eigenvalue weighted by Crippen LogP contribution is -1.90. The first-order valence-electron chi connectivity index (χ1n) is 18.5. The van der Waals surface area contributed by atoms with Crippen LogP contribution in [0.15, 0.2) is 182 Å². The number of rotatable bonds is 3. The summed E-state index contributed by atoms with van der Waals surface area (Å²) in [6.45, 7) is 0. The van der Waals surface area contributed by atoms with E-state index in [0.717, 1.165) is 0 Å². The largest absolute Gasteiger partial charge is 0.135 e. The van der Waals surface area contributed by atoms with Crippen molar-refractivity contribution in [1.29, 1.82) is 0 Å². The molecule has 250 valence electrons. The van der Waals surface area contributed by atoms with E-state index in [1.807, 2.05) is 22.7 Å². The van der Waals surface area contributed by atoms with E-state index in [-0.39, 0.29) is 0 Å². The average Bonchev–Trinajstić information content (AvgIpc) is 3.78. The fraction of sp³-hybridized carbons (Fsp3) is 0. The van der Waals surface area contributed by atoms with Crippen molar-refractivity contribution in [2.45, 2.75) is 0 Å². The second kappa shape index (κ2) is 11.6. The van der Waals surface area contributed by atoms with Crippen LogP contribution in [-0.4, -0.2) is 0 Å². The van der Waals surface area contributed by atoms with E-state index in [9.17, 15) is 0 Å². The van der Waals surface area contributed by atoms with Gasteiger partial charge < -0.3 is 0 Å². The maximum Gasteiger partial charge on any atom is 0.0362 e. The molecule has 2 aromatic heterocycles. The molecule has 0 bridgehead atoms. The van der Waals surface area contributed by atoms with Gasteiger partial charge in [-0.2, -0.15) is 0 Å². The minimum absolute atomic E-state index is 1.25. The molecule has 54 heavy (non-hydrogen) atoms. The van der Waals surface area contributed by atoms with Crippen molar-refractivity contribution >= 4 is 106 Å². The fourth-order valence-electron chi connectivity index (χ4n) is 8.93. The second-order valence-electron chi connectivity index (χ2n) is 14.4. The van der Waals surface area contributed by atoms with E-state index in [2.05, 4.69) is 182 Å². The molecule has 0 spiro atoms. The number of thiophene rings is 2. The molecule has 0 N–H and O–H groups in total. The van der Waals surface area contributed by atoms with E-state index in [1.54, 1.807) is 0 Å². The molecule has 0 unspecified atom stereocenters. The van der Waals surface area contributed by atoms with Crippen LogP contribution >= 0.6 is 22.7 Å². The first-order chi connectivity index (χ1) is 26.7. The summed E-state index contributed by atoms with van der Waals surface area (Å²) in [5.74, 6) is 0. The van der Waals surface area contributed by atoms with Gasteiger partial charge >= 0.3 is 0 Å². The van der Waals surface area contributed by atoms with Gasteiger partial charge in [0.2, 0.25) is 0 Å². The van der Waals surface area contributed by atoms with Crippen LogP contribution in [0.5, 0.6) is 0 Å². The summed E-state index contributed by atoms with van der Waals surface area (Å²) in [5.41, 5.74) is 7.59. The Bertz CT molecular complexity index is 3430. The summed E-state index contributed by atoms with van der Waals surface area (Å²) >= 11 is 3.82. The minimum atomic E-state index is 1.25. The molecular formula is C52H30S2. The third-order valence-corrected chi connectivity index (χ3v) is 13.6. The third-order valence-electron chi connectivity index (χ3n) is 11.4. The van der Waals surface area contributed by atoms with E-state index in [1.165, 1.54) is 117 Å². The van der Waals surface area contributed by atoms with Crippen molar-refractivity contribution in [3.8, 4) is 33.4 Å². The molecule has 0 saturated carbocycles. The van der Waals surface area contributed by atoms with Crippen molar-refractivity contribution < 1.29 is 0 Å². The molecule has 0 fully saturated rings. The molecule has 2 heterocycles. The molecule has 0 aliphatic heterocycles. The Morgan fingerprint density at radius 2 is 0.741 bits per heavy atom. The smallest absolute Gasteiger partial charge is 0.0362 e. The Labute approximate surface area is 319 Å². The Balaban J connectivity index is 0.966. The maximum absolute atomic E-state index is 2.44. The lowest BCUT2D eigenvalue weighted by molar-refractivity contribution is 1.66. The topological polar surface area (TPSA) is 0 Å². The zero-order valence-corrected chi connectivity index (χ0v) is 30.8. The van der Waals surface area contributed by atoms with Gasteiger partial charge in [0.05, 0.1) is 0 Å². The van der Waals surface area contributed by atoms with Crippen molar-refractivity contribution in [2.75, 3.05) is 0 Å². The molecule has 0 aliphatic rings. The van der Waals surface area contributed by atoms with Crippen molar-refractivity contribution in [3.63, 3.8) is 0 Å². The standard InChI is InChI=1S/C52H30S2/c1-2-11-32(12-3-1)50-40-14-6-8-16-42(40)51(43-17-9-7-15-41(43)50)37-21-20-33-26-34(18-19-35(33)27-37)36-22-24-39-44-29-49-45(30-48(44)54-47(39)28-36)52-38-13-5-4-10-31(38)23-25-46(52)53-49/h1-30H. The monoisotopic (exact) mass is 718 g/mol. The SMILES string of the molecule is c1ccc(-c2c3ccccc3c(-c3ccc4cc(-c5ccc6c(c5)sc5cc7c(cc56)sc5ccc6ccccc6c57)ccc4c3)c3ccccc23)cc1. The molecule has 0 amide bonds. The Morgan fingerprint density at radius 3 is 1.48 bits per heavy atom. The van der Waals surface area contributed by atoms with Gasteiger partial charge in [-0.25, -0.2) is 0 Å². The summed E-state index contributed by atoms with van der Waals surface area (Å²) < 4.78 is 5.41. The van der Waals surface area contributed by atoms with Crippen molar-refractivity contribution in [1.82, 2.24) is 0 Å². The Hall–Kier alpha value is -6.32. The van der Waals surface area contributed by atoms with Crippen LogP contribution in [0.25, 0.3) is 117 Å². The van der Waals surface area contributed by atoms with Crippen molar-refractivity contribution in [3.05, 3.63) is 182 Å². The molecule has 10 aromatic carbocycles. The van der Waals surface area contributed by atoms with E-state index >= 15 is 0 Å². The molecule has 0 saturated heterocycles. The Morgan fingerprint density at radius 1 is 0.241 bits per heavy atom. The van der Waals surface area contributed by atoms with Crippen LogP contribution in [0.4, 0.5) is 0 Å². The highest BCUT2D eigenvalue weighted by Crippen LogP contribution is 2.46. The quantitative estimate of drug-likeness (QED) is 0.160. The molecule has 0 radical (unpaired) electrons. The predicted molar refractivity (Wildman–Crippen MR) is 239 cm³/mol. The highest BCUT2D eigenvalue weighted by molar-refractivity contribution is 7.27. The van der Waals surface area contributed by atoms with Crippen LogP contribution in [0.3, 0.4) is 0 Å². The maximum atomic E-state index is 2.44. The number of fused-ring (bicyclic) bond motifs is 11. The van der Waals surface area contributed by atoms with Crippen LogP contribution < -0.4 is 0 Å². The summed E-state index contributed by atoms with van der Waals surface area (Å²) in [6, 6.07) is 67.8. The lowest BCUT2D eigenvalue weighted by Gasteiger charge is -2.18. The van der Waals surface area contributed by atoms with Crippen LogP contribution in [0.2, 0.25) is 0 Å². The van der Waals surface area contributed by atoms with Crippen LogP contribution in [0.1, 0.15) is 0 Å². The van der Waals surface area contributed by atoms with Crippen molar-refractivity contribution in [2.24, 2.45) is 0 Å². The molecular weight excluding hydrogens is 689 g/mol. The summed E-state index contributed by atoms with van der Waals surface area (Å²) in [6.07, 6.45) is 0. The van der Waals surface area contributed by atoms with Crippen LogP contribution in [0, 0.1) is 0 Å². The summed E-state index contributed by atoms with van der Waals surface area (Å²) in [7, 11) is 0. The molecule has 2 heteroatoms. The molecule has 0 nitrogen and oxygen atoms in total. The minimum Gasteiger partial charge on any atom is -0.135 e. The van der Waals surface area contributed by atoms with Gasteiger partial charge in [-0.15, -0.1) is 22.7 Å². The highest BCUT2D eigenvalue weighted by atomic mass is 32.1. The third kappa shape index (κ3) is 4.48. The van der Waals surface area contributed by atoms with E-state index in [4.69, 9.17) is 0 Å². The predicted octanol–water partition coefficient (Wildman–Crippen LogP) is 16.0. The number of benzene rings is 10. The number of hydrogen-bond acceptors (Lipinski definition) is 2.